The first-order valence-corrected chi connectivity index (χ1v) is 6.36. The molecule has 0 fully saturated rings. The summed E-state index contributed by atoms with van der Waals surface area (Å²) in [6.07, 6.45) is 0. The summed E-state index contributed by atoms with van der Waals surface area (Å²) in [4.78, 5) is 0. The molecule has 5 heteroatoms. The van der Waals surface area contributed by atoms with E-state index >= 15 is 0 Å². The van der Waals surface area contributed by atoms with Crippen LogP contribution in [-0.4, -0.2) is 0 Å². The summed E-state index contributed by atoms with van der Waals surface area (Å²) in [5, 5.41) is 0.237. The summed E-state index contributed by atoms with van der Waals surface area (Å²) >= 11 is 9.24. The van der Waals surface area contributed by atoms with E-state index in [-0.39, 0.29) is 17.4 Å². The van der Waals surface area contributed by atoms with E-state index in [4.69, 9.17) is 22.1 Å². The molecular weight excluding hydrogens is 321 g/mol. The van der Waals surface area contributed by atoms with Gasteiger partial charge in [-0.25, -0.2) is 4.39 Å². The van der Waals surface area contributed by atoms with Gasteiger partial charge in [0.25, 0.3) is 0 Å². The van der Waals surface area contributed by atoms with Crippen LogP contribution in [0.4, 0.5) is 10.1 Å². The maximum absolute atomic E-state index is 13.5. The monoisotopic (exact) mass is 329 g/mol. The third-order valence-corrected chi connectivity index (χ3v) is 3.48. The molecule has 18 heavy (non-hydrogen) atoms. The van der Waals surface area contributed by atoms with Crippen LogP contribution in [-0.2, 0) is 6.61 Å². The van der Waals surface area contributed by atoms with Crippen molar-refractivity contribution in [1.82, 2.24) is 0 Å². The summed E-state index contributed by atoms with van der Waals surface area (Å²) in [6.45, 7) is 0.147. The zero-order valence-corrected chi connectivity index (χ0v) is 11.6. The van der Waals surface area contributed by atoms with Crippen LogP contribution in [0.15, 0.2) is 40.9 Å². The number of ether oxygens (including phenoxy) is 1. The highest BCUT2D eigenvalue weighted by Gasteiger charge is 2.10. The average Bonchev–Trinajstić information content (AvgIpc) is 2.31. The van der Waals surface area contributed by atoms with Gasteiger partial charge in [0.05, 0.1) is 5.02 Å². The highest BCUT2D eigenvalue weighted by molar-refractivity contribution is 9.10. The van der Waals surface area contributed by atoms with Gasteiger partial charge in [-0.3, -0.25) is 0 Å². The molecular formula is C13H10BrClFNO. The lowest BCUT2D eigenvalue weighted by Gasteiger charge is -2.11. The molecule has 0 heterocycles. The molecule has 0 bridgehead atoms. The normalized spacial score (nSPS) is 10.4. The van der Waals surface area contributed by atoms with Crippen molar-refractivity contribution in [1.29, 1.82) is 0 Å². The lowest BCUT2D eigenvalue weighted by molar-refractivity contribution is 0.290. The Morgan fingerprint density at radius 1 is 1.22 bits per heavy atom. The van der Waals surface area contributed by atoms with Crippen LogP contribution in [0.1, 0.15) is 5.56 Å². The molecule has 0 aliphatic rings. The number of nitrogen functional groups attached to an aromatic ring is 1. The van der Waals surface area contributed by atoms with Crippen molar-refractivity contribution < 1.29 is 9.13 Å². The minimum absolute atomic E-state index is 0.0364. The van der Waals surface area contributed by atoms with E-state index in [1.54, 1.807) is 12.1 Å². The Morgan fingerprint density at radius 3 is 2.61 bits per heavy atom. The molecule has 0 aliphatic heterocycles. The van der Waals surface area contributed by atoms with Crippen LogP contribution >= 0.6 is 27.5 Å². The minimum atomic E-state index is -0.492. The average molecular weight is 331 g/mol. The zero-order valence-electron chi connectivity index (χ0n) is 9.29. The van der Waals surface area contributed by atoms with Crippen molar-refractivity contribution in [3.63, 3.8) is 0 Å². The van der Waals surface area contributed by atoms with Crippen molar-refractivity contribution in [3.05, 3.63) is 57.3 Å². The number of para-hydroxylation sites is 1. The smallest absolute Gasteiger partial charge is 0.174 e. The van der Waals surface area contributed by atoms with E-state index in [1.807, 2.05) is 12.1 Å². The van der Waals surface area contributed by atoms with Gasteiger partial charge >= 0.3 is 0 Å². The van der Waals surface area contributed by atoms with Crippen LogP contribution in [0, 0.1) is 5.82 Å². The van der Waals surface area contributed by atoms with Crippen LogP contribution in [0.3, 0.4) is 0 Å². The predicted octanol–water partition coefficient (Wildman–Crippen LogP) is 4.40. The van der Waals surface area contributed by atoms with Gasteiger partial charge in [-0.05, 0) is 24.3 Å². The summed E-state index contributed by atoms with van der Waals surface area (Å²) in [5.41, 5.74) is 7.17. The van der Waals surface area contributed by atoms with Gasteiger partial charge in [0.1, 0.15) is 6.61 Å². The van der Waals surface area contributed by atoms with Crippen LogP contribution in [0.25, 0.3) is 0 Å². The highest BCUT2D eigenvalue weighted by Crippen LogP contribution is 2.30. The molecule has 0 radical (unpaired) electrons. The molecule has 2 nitrogen and oxygen atoms in total. The van der Waals surface area contributed by atoms with Crippen molar-refractivity contribution in [3.8, 4) is 5.75 Å². The van der Waals surface area contributed by atoms with Gasteiger partial charge in [-0.15, -0.1) is 0 Å². The van der Waals surface area contributed by atoms with Crippen molar-refractivity contribution in [2.24, 2.45) is 0 Å². The van der Waals surface area contributed by atoms with Gasteiger partial charge in [-0.2, -0.15) is 0 Å². The minimum Gasteiger partial charge on any atom is -0.484 e. The Bertz CT molecular complexity index is 485. The standard InChI is InChI=1S/C13H10BrClFNO/c14-9-3-1-6-12(17)8(9)7-18-13-10(15)4-2-5-11(13)16/h1-6H,7,17H2. The van der Waals surface area contributed by atoms with Crippen molar-refractivity contribution >= 4 is 33.2 Å². The van der Waals surface area contributed by atoms with Crippen molar-refractivity contribution in [2.45, 2.75) is 6.61 Å². The van der Waals surface area contributed by atoms with E-state index in [9.17, 15) is 4.39 Å². The Morgan fingerprint density at radius 2 is 1.94 bits per heavy atom. The summed E-state index contributed by atoms with van der Waals surface area (Å²) in [7, 11) is 0. The van der Waals surface area contributed by atoms with Crippen molar-refractivity contribution in [2.75, 3.05) is 5.73 Å². The van der Waals surface area contributed by atoms with Gasteiger partial charge in [0.2, 0.25) is 0 Å². The Labute approximate surface area is 118 Å². The van der Waals surface area contributed by atoms with Gasteiger partial charge in [0, 0.05) is 15.7 Å². The second-order valence-corrected chi connectivity index (χ2v) is 4.91. The second kappa shape index (κ2) is 5.59. The Hall–Kier alpha value is -1.26. The Kier molecular flexibility index (Phi) is 4.09. The zero-order chi connectivity index (χ0) is 13.1. The van der Waals surface area contributed by atoms with Crippen LogP contribution in [0.5, 0.6) is 5.75 Å². The number of rotatable bonds is 3. The number of benzene rings is 2. The first-order valence-electron chi connectivity index (χ1n) is 5.19. The number of halogens is 3. The summed E-state index contributed by atoms with van der Waals surface area (Å²) in [6, 6.07) is 9.81. The molecule has 0 aromatic heterocycles. The maximum Gasteiger partial charge on any atom is 0.174 e. The fourth-order valence-electron chi connectivity index (χ4n) is 1.49. The van der Waals surface area contributed by atoms with Crippen LogP contribution in [0.2, 0.25) is 5.02 Å². The molecule has 0 saturated heterocycles. The lowest BCUT2D eigenvalue weighted by atomic mass is 10.2. The maximum atomic E-state index is 13.5. The summed E-state index contributed by atoms with van der Waals surface area (Å²) < 4.78 is 19.7. The lowest BCUT2D eigenvalue weighted by Crippen LogP contribution is -2.02. The molecule has 2 aromatic rings. The van der Waals surface area contributed by atoms with E-state index in [0.717, 1.165) is 10.0 Å². The molecule has 0 unspecified atom stereocenters. The fraction of sp³-hybridized carbons (Fsp3) is 0.0769. The molecule has 2 N–H and O–H groups in total. The third kappa shape index (κ3) is 2.76. The molecule has 0 spiro atoms. The van der Waals surface area contributed by atoms with E-state index in [0.29, 0.717) is 5.69 Å². The third-order valence-electron chi connectivity index (χ3n) is 2.43. The highest BCUT2D eigenvalue weighted by atomic mass is 79.9. The molecule has 0 amide bonds. The van der Waals surface area contributed by atoms with Gasteiger partial charge in [0.15, 0.2) is 11.6 Å². The molecule has 0 aliphatic carbocycles. The van der Waals surface area contributed by atoms with E-state index < -0.39 is 5.82 Å². The number of hydrogen-bond donors (Lipinski definition) is 1. The van der Waals surface area contributed by atoms with E-state index in [1.165, 1.54) is 12.1 Å². The molecule has 2 rings (SSSR count). The SMILES string of the molecule is Nc1cccc(Br)c1COc1c(F)cccc1Cl. The van der Waals surface area contributed by atoms with Gasteiger partial charge in [-0.1, -0.05) is 39.7 Å². The van der Waals surface area contributed by atoms with E-state index in [2.05, 4.69) is 15.9 Å². The molecule has 0 saturated carbocycles. The Balaban J connectivity index is 2.22. The first-order chi connectivity index (χ1) is 8.59. The number of anilines is 1. The van der Waals surface area contributed by atoms with Crippen LogP contribution < -0.4 is 10.5 Å². The largest absolute Gasteiger partial charge is 0.484 e. The number of hydrogen-bond acceptors (Lipinski definition) is 2. The molecule has 0 atom stereocenters. The first kappa shape index (κ1) is 13.2. The molecule has 94 valence electrons. The number of nitrogens with two attached hydrogens (primary N) is 1. The van der Waals surface area contributed by atoms with Gasteiger partial charge < -0.3 is 10.5 Å². The topological polar surface area (TPSA) is 35.2 Å². The predicted molar refractivity (Wildman–Crippen MR) is 74.3 cm³/mol. The fourth-order valence-corrected chi connectivity index (χ4v) is 2.21. The molecule has 2 aromatic carbocycles. The summed E-state index contributed by atoms with van der Waals surface area (Å²) in [5.74, 6) is -0.456. The quantitative estimate of drug-likeness (QED) is 0.846. The second-order valence-electron chi connectivity index (χ2n) is 3.65.